The van der Waals surface area contributed by atoms with Crippen LogP contribution in [0.2, 0.25) is 0 Å². The molecule has 2 aliphatic rings. The Morgan fingerprint density at radius 1 is 1.14 bits per heavy atom. The van der Waals surface area contributed by atoms with Gasteiger partial charge < -0.3 is 10.6 Å². The summed E-state index contributed by atoms with van der Waals surface area (Å²) in [7, 11) is -3.50. The second-order valence-corrected chi connectivity index (χ2v) is 11.0. The molecule has 36 heavy (non-hydrogen) atoms. The number of anilines is 3. The Labute approximate surface area is 206 Å². The Hall–Kier alpha value is -3.48. The number of ketones is 1. The van der Waals surface area contributed by atoms with Gasteiger partial charge in [-0.1, -0.05) is 0 Å². The highest BCUT2D eigenvalue weighted by Crippen LogP contribution is 2.35. The van der Waals surface area contributed by atoms with Crippen molar-refractivity contribution in [2.24, 2.45) is 5.92 Å². The zero-order chi connectivity index (χ0) is 25.3. The summed E-state index contributed by atoms with van der Waals surface area (Å²) in [5, 5.41) is 9.73. The Kier molecular flexibility index (Phi) is 6.65. The van der Waals surface area contributed by atoms with Crippen LogP contribution in [-0.4, -0.2) is 56.6 Å². The lowest BCUT2D eigenvalue weighted by Gasteiger charge is -2.13. The van der Waals surface area contributed by atoms with Crippen LogP contribution in [0.5, 0.6) is 0 Å². The van der Waals surface area contributed by atoms with Crippen LogP contribution in [0.25, 0.3) is 11.4 Å². The maximum atomic E-state index is 12.7. The molecule has 2 aliphatic carbocycles. The Bertz CT molecular complexity index is 1370. The molecule has 190 valence electrons. The largest absolute Gasteiger partial charge is 0.384 e. The number of halogens is 2. The Morgan fingerprint density at radius 2 is 1.94 bits per heavy atom. The molecule has 3 aromatic heterocycles. The van der Waals surface area contributed by atoms with Crippen LogP contribution >= 0.6 is 0 Å². The van der Waals surface area contributed by atoms with Gasteiger partial charge in [0.05, 0.1) is 34.5 Å². The summed E-state index contributed by atoms with van der Waals surface area (Å²) in [4.78, 5) is 25.7. The fourth-order valence-corrected chi connectivity index (χ4v) is 5.16. The quantitative estimate of drug-likeness (QED) is 0.271. The first-order valence-electron chi connectivity index (χ1n) is 11.8. The van der Waals surface area contributed by atoms with Gasteiger partial charge in [-0.2, -0.15) is 9.19 Å². The van der Waals surface area contributed by atoms with Crippen LogP contribution in [0, 0.1) is 5.92 Å². The number of hydrogen-bond acceptors (Lipinski definition) is 9. The molecule has 3 heterocycles. The van der Waals surface area contributed by atoms with Gasteiger partial charge in [0.25, 0.3) is 10.0 Å². The lowest BCUT2D eigenvalue weighted by molar-refractivity contribution is 0.0968. The molecule has 2 saturated carbocycles. The smallest absolute Gasteiger partial charge is 0.256 e. The number of rotatable bonds is 12. The van der Waals surface area contributed by atoms with Crippen molar-refractivity contribution in [2.45, 2.75) is 50.2 Å². The lowest BCUT2D eigenvalue weighted by Crippen LogP contribution is -2.17. The highest BCUT2D eigenvalue weighted by Gasteiger charge is 2.37. The zero-order valence-electron chi connectivity index (χ0n) is 19.3. The number of hydrogen-bond donors (Lipinski definition) is 2. The Morgan fingerprint density at radius 3 is 2.67 bits per heavy atom. The van der Waals surface area contributed by atoms with Gasteiger partial charge in [0.1, 0.15) is 11.6 Å². The lowest BCUT2D eigenvalue weighted by atomic mass is 10.1. The van der Waals surface area contributed by atoms with Crippen molar-refractivity contribution in [3.63, 3.8) is 0 Å². The van der Waals surface area contributed by atoms with E-state index in [1.54, 1.807) is 12.1 Å². The van der Waals surface area contributed by atoms with Crippen LogP contribution in [0.1, 0.15) is 48.9 Å². The maximum Gasteiger partial charge on any atom is 0.256 e. The molecular weight excluding hydrogens is 492 g/mol. The Balaban J connectivity index is 1.33. The zero-order valence-corrected chi connectivity index (χ0v) is 20.1. The molecule has 0 aromatic carbocycles. The first-order chi connectivity index (χ1) is 17.3. The predicted octanol–water partition coefficient (Wildman–Crippen LogP) is 3.87. The van der Waals surface area contributed by atoms with Crippen molar-refractivity contribution < 1.29 is 22.0 Å². The summed E-state index contributed by atoms with van der Waals surface area (Å²) in [5.41, 5.74) is 1.41. The molecule has 13 heteroatoms. The van der Waals surface area contributed by atoms with Gasteiger partial charge in [0.15, 0.2) is 11.6 Å². The minimum Gasteiger partial charge on any atom is -0.384 e. The van der Waals surface area contributed by atoms with E-state index < -0.39 is 21.7 Å². The van der Waals surface area contributed by atoms with E-state index in [2.05, 4.69) is 30.7 Å². The standard InChI is InChI=1S/C23H25F2N7O3S/c24-19(25)2-1-8-26-18-10-21(28-12-17(18)22(33)14-3-4-14)30-20-7-9-27-23(31-20)15-11-29-32(13-15)36(34,35)16-5-6-16/h7,9-14,16,19H,1-6,8H2,(H2,26,27,28,30,31). The van der Waals surface area contributed by atoms with Gasteiger partial charge in [-0.15, -0.1) is 0 Å². The fourth-order valence-electron chi connectivity index (χ4n) is 3.69. The molecule has 10 nitrogen and oxygen atoms in total. The number of nitrogens with zero attached hydrogens (tertiary/aromatic N) is 5. The monoisotopic (exact) mass is 517 g/mol. The van der Waals surface area contributed by atoms with Crippen molar-refractivity contribution in [1.29, 1.82) is 0 Å². The molecule has 0 bridgehead atoms. The molecule has 0 amide bonds. The normalized spacial score (nSPS) is 15.8. The number of Topliss-reactive ketones (excluding diaryl/α,β-unsaturated/α-hetero) is 1. The topological polar surface area (TPSA) is 132 Å². The van der Waals surface area contributed by atoms with Gasteiger partial charge in [-0.05, 0) is 38.2 Å². The van der Waals surface area contributed by atoms with E-state index in [-0.39, 0.29) is 30.4 Å². The van der Waals surface area contributed by atoms with Crippen molar-refractivity contribution >= 4 is 33.1 Å². The highest BCUT2D eigenvalue weighted by atomic mass is 32.2. The number of alkyl halides is 2. The van der Waals surface area contributed by atoms with Crippen molar-refractivity contribution in [3.8, 4) is 11.4 Å². The maximum absolute atomic E-state index is 12.7. The van der Waals surface area contributed by atoms with Crippen LogP contribution in [0.15, 0.2) is 36.9 Å². The fraction of sp³-hybridized carbons (Fsp3) is 0.435. The summed E-state index contributed by atoms with van der Waals surface area (Å²) in [6, 6.07) is 3.27. The van der Waals surface area contributed by atoms with E-state index in [0.717, 1.165) is 16.9 Å². The molecule has 0 aliphatic heterocycles. The number of carbonyl (C=O) groups excluding carboxylic acids is 1. The third kappa shape index (κ3) is 5.50. The second-order valence-electron chi connectivity index (χ2n) is 8.95. The molecule has 0 unspecified atom stereocenters. The molecule has 2 fully saturated rings. The molecule has 5 rings (SSSR count). The number of aromatic nitrogens is 5. The summed E-state index contributed by atoms with van der Waals surface area (Å²) in [6.45, 7) is 0.296. The summed E-state index contributed by atoms with van der Waals surface area (Å²) >= 11 is 0. The van der Waals surface area contributed by atoms with Crippen LogP contribution in [-0.2, 0) is 10.0 Å². The van der Waals surface area contributed by atoms with Crippen molar-refractivity contribution in [1.82, 2.24) is 24.1 Å². The van der Waals surface area contributed by atoms with Gasteiger partial charge in [-0.25, -0.2) is 32.2 Å². The van der Waals surface area contributed by atoms with Gasteiger partial charge in [-0.3, -0.25) is 4.79 Å². The average Bonchev–Trinajstić information content (AvgIpc) is 3.79. The second kappa shape index (κ2) is 9.88. The van der Waals surface area contributed by atoms with E-state index in [1.807, 2.05) is 0 Å². The summed E-state index contributed by atoms with van der Waals surface area (Å²) in [6.07, 6.45) is 6.40. The number of pyridine rings is 1. The SMILES string of the molecule is O=C(c1cnc(Nc2ccnc(-c3cnn(S(=O)(=O)C4CC4)c3)n2)cc1NCCCC(F)F)C1CC1. The molecule has 0 saturated heterocycles. The van der Waals surface area contributed by atoms with Crippen molar-refractivity contribution in [2.75, 3.05) is 17.2 Å². The first-order valence-corrected chi connectivity index (χ1v) is 13.3. The van der Waals surface area contributed by atoms with Crippen LogP contribution < -0.4 is 10.6 Å². The minimum absolute atomic E-state index is 0.00658. The van der Waals surface area contributed by atoms with Gasteiger partial charge >= 0.3 is 0 Å². The van der Waals surface area contributed by atoms with Crippen LogP contribution in [0.3, 0.4) is 0 Å². The van der Waals surface area contributed by atoms with E-state index in [1.165, 1.54) is 24.8 Å². The minimum atomic E-state index is -3.50. The highest BCUT2D eigenvalue weighted by molar-refractivity contribution is 7.90. The molecule has 0 atom stereocenters. The number of nitrogens with one attached hydrogen (secondary N) is 2. The summed E-state index contributed by atoms with van der Waals surface area (Å²) in [5.74, 6) is 1.06. The number of carbonyl (C=O) groups is 1. The summed E-state index contributed by atoms with van der Waals surface area (Å²) < 4.78 is 50.7. The van der Waals surface area contributed by atoms with E-state index in [0.29, 0.717) is 47.8 Å². The van der Waals surface area contributed by atoms with E-state index in [4.69, 9.17) is 0 Å². The first kappa shape index (κ1) is 24.2. The predicted molar refractivity (Wildman–Crippen MR) is 129 cm³/mol. The molecule has 3 aromatic rings. The van der Waals surface area contributed by atoms with E-state index in [9.17, 15) is 22.0 Å². The molecule has 0 spiro atoms. The van der Waals surface area contributed by atoms with E-state index >= 15 is 0 Å². The molecule has 2 N–H and O–H groups in total. The molecular formula is C23H25F2N7O3S. The van der Waals surface area contributed by atoms with Crippen molar-refractivity contribution in [3.05, 3.63) is 42.5 Å². The third-order valence-corrected chi connectivity index (χ3v) is 8.00. The third-order valence-electron chi connectivity index (χ3n) is 5.97. The molecule has 0 radical (unpaired) electrons. The average molecular weight is 518 g/mol. The van der Waals surface area contributed by atoms with Crippen LogP contribution in [0.4, 0.5) is 26.1 Å². The van der Waals surface area contributed by atoms with Gasteiger partial charge in [0, 0.05) is 37.3 Å². The van der Waals surface area contributed by atoms with Gasteiger partial charge in [0.2, 0.25) is 6.43 Å².